The summed E-state index contributed by atoms with van der Waals surface area (Å²) < 4.78 is 45.4. The van der Waals surface area contributed by atoms with Crippen molar-refractivity contribution in [2.24, 2.45) is 0 Å². The number of likely N-dealkylation sites (N-methyl/N-ethyl adjacent to an activating group) is 1. The quantitative estimate of drug-likeness (QED) is 0.907. The van der Waals surface area contributed by atoms with Crippen molar-refractivity contribution in [2.45, 2.75) is 12.3 Å². The Bertz CT molecular complexity index is 658. The van der Waals surface area contributed by atoms with Crippen LogP contribution in [0.2, 0.25) is 0 Å². The third-order valence-corrected chi connectivity index (χ3v) is 3.39. The monoisotopic (exact) mass is 316 g/mol. The lowest BCUT2D eigenvalue weighted by molar-refractivity contribution is -0.141. The van der Waals surface area contributed by atoms with Crippen LogP contribution in [0.5, 0.6) is 0 Å². The van der Waals surface area contributed by atoms with Crippen molar-refractivity contribution >= 4 is 11.6 Å². The molecule has 0 aliphatic carbocycles. The topological polar surface area (TPSA) is 67.6 Å². The van der Waals surface area contributed by atoms with E-state index in [1.54, 1.807) is 0 Å². The average molecular weight is 316 g/mol. The van der Waals surface area contributed by atoms with E-state index in [9.17, 15) is 13.2 Å². The molecule has 0 spiro atoms. The van der Waals surface area contributed by atoms with Crippen LogP contribution in [0.1, 0.15) is 5.69 Å². The van der Waals surface area contributed by atoms with Gasteiger partial charge in [0.25, 0.3) is 5.78 Å². The van der Waals surface area contributed by atoms with Crippen molar-refractivity contribution in [1.29, 1.82) is 0 Å². The average Bonchev–Trinajstić information content (AvgIpc) is 2.92. The minimum Gasteiger partial charge on any atom is -0.374 e. The molecule has 2 aromatic rings. The largest absolute Gasteiger partial charge is 0.433 e. The summed E-state index contributed by atoms with van der Waals surface area (Å²) in [6.07, 6.45) is -3.47. The first-order chi connectivity index (χ1) is 10.4. The Morgan fingerprint density at radius 2 is 2.27 bits per heavy atom. The molecule has 1 fully saturated rings. The zero-order valence-corrected chi connectivity index (χ0v) is 11.8. The predicted molar refractivity (Wildman–Crippen MR) is 71.5 cm³/mol. The molecule has 1 aliphatic heterocycles. The SMILES string of the molecule is CN1CCOC(CNc2cc(C(F)(F)F)nc3ncnn23)C1. The molecule has 7 nitrogen and oxygen atoms in total. The van der Waals surface area contributed by atoms with Gasteiger partial charge in [0, 0.05) is 25.7 Å². The molecule has 0 radical (unpaired) electrons. The van der Waals surface area contributed by atoms with Gasteiger partial charge in [-0.05, 0) is 7.05 Å². The van der Waals surface area contributed by atoms with Gasteiger partial charge in [-0.1, -0.05) is 0 Å². The Morgan fingerprint density at radius 1 is 1.45 bits per heavy atom. The Kier molecular flexibility index (Phi) is 3.87. The molecule has 0 aromatic carbocycles. The van der Waals surface area contributed by atoms with E-state index in [1.807, 2.05) is 7.05 Å². The van der Waals surface area contributed by atoms with E-state index in [1.165, 1.54) is 10.8 Å². The van der Waals surface area contributed by atoms with Gasteiger partial charge in [0.2, 0.25) is 0 Å². The number of nitrogens with zero attached hydrogens (tertiary/aromatic N) is 5. The summed E-state index contributed by atoms with van der Waals surface area (Å²) >= 11 is 0. The molecule has 1 unspecified atom stereocenters. The fourth-order valence-corrected chi connectivity index (χ4v) is 2.29. The van der Waals surface area contributed by atoms with Crippen molar-refractivity contribution in [3.05, 3.63) is 18.1 Å². The summed E-state index contributed by atoms with van der Waals surface area (Å²) in [4.78, 5) is 9.29. The van der Waals surface area contributed by atoms with Crippen LogP contribution in [0, 0.1) is 0 Å². The van der Waals surface area contributed by atoms with Crippen molar-refractivity contribution in [3.63, 3.8) is 0 Å². The lowest BCUT2D eigenvalue weighted by Gasteiger charge is -2.30. The third kappa shape index (κ3) is 3.12. The first-order valence-corrected chi connectivity index (χ1v) is 6.75. The molecule has 120 valence electrons. The van der Waals surface area contributed by atoms with Gasteiger partial charge in [-0.15, -0.1) is 0 Å². The molecule has 0 amide bonds. The smallest absolute Gasteiger partial charge is 0.374 e. The summed E-state index contributed by atoms with van der Waals surface area (Å²) in [6.45, 7) is 2.54. The number of hydrogen-bond acceptors (Lipinski definition) is 6. The maximum Gasteiger partial charge on any atom is 0.433 e. The van der Waals surface area contributed by atoms with E-state index in [0.717, 1.165) is 12.6 Å². The first kappa shape index (κ1) is 15.0. The zero-order chi connectivity index (χ0) is 15.7. The van der Waals surface area contributed by atoms with Crippen LogP contribution in [-0.2, 0) is 10.9 Å². The number of aromatic nitrogens is 4. The van der Waals surface area contributed by atoms with Crippen molar-refractivity contribution in [1.82, 2.24) is 24.5 Å². The Balaban J connectivity index is 1.81. The van der Waals surface area contributed by atoms with Crippen molar-refractivity contribution < 1.29 is 17.9 Å². The van der Waals surface area contributed by atoms with Crippen LogP contribution in [0.4, 0.5) is 19.0 Å². The fraction of sp³-hybridized carbons (Fsp3) is 0.583. The van der Waals surface area contributed by atoms with Gasteiger partial charge < -0.3 is 15.0 Å². The van der Waals surface area contributed by atoms with E-state index in [4.69, 9.17) is 4.74 Å². The van der Waals surface area contributed by atoms with Gasteiger partial charge in [0.1, 0.15) is 12.1 Å². The van der Waals surface area contributed by atoms with Crippen LogP contribution >= 0.6 is 0 Å². The molecule has 3 rings (SSSR count). The van der Waals surface area contributed by atoms with Gasteiger partial charge in [0.05, 0.1) is 12.7 Å². The van der Waals surface area contributed by atoms with E-state index < -0.39 is 11.9 Å². The molecule has 1 aliphatic rings. The van der Waals surface area contributed by atoms with Crippen LogP contribution in [0.3, 0.4) is 0 Å². The maximum atomic E-state index is 12.9. The van der Waals surface area contributed by atoms with Crippen LogP contribution in [0.15, 0.2) is 12.4 Å². The molecule has 1 saturated heterocycles. The summed E-state index contributed by atoms with van der Waals surface area (Å²) in [6, 6.07) is 0.925. The Labute approximate surface area is 124 Å². The summed E-state index contributed by atoms with van der Waals surface area (Å²) in [5.41, 5.74) is -1.00. The highest BCUT2D eigenvalue weighted by atomic mass is 19.4. The summed E-state index contributed by atoms with van der Waals surface area (Å²) in [5.74, 6) is 0.0886. The normalized spacial score (nSPS) is 20.5. The second kappa shape index (κ2) is 5.69. The fourth-order valence-electron chi connectivity index (χ4n) is 2.29. The standard InChI is InChI=1S/C12H15F3N6O/c1-20-2-3-22-8(6-20)5-16-10-4-9(12(13,14)15)19-11-17-7-18-21(10)11/h4,7-8,16H,2-3,5-6H2,1H3. The Morgan fingerprint density at radius 3 is 3.00 bits per heavy atom. The first-order valence-electron chi connectivity index (χ1n) is 6.75. The third-order valence-electron chi connectivity index (χ3n) is 3.39. The predicted octanol–water partition coefficient (Wildman–Crippen LogP) is 0.886. The number of morpholine rings is 1. The molecule has 1 atom stereocenters. The van der Waals surface area contributed by atoms with E-state index in [-0.39, 0.29) is 17.7 Å². The molecule has 1 N–H and O–H groups in total. The summed E-state index contributed by atoms with van der Waals surface area (Å²) in [5, 5.41) is 6.83. The number of hydrogen-bond donors (Lipinski definition) is 1. The lowest BCUT2D eigenvalue weighted by Crippen LogP contribution is -2.43. The number of fused-ring (bicyclic) bond motifs is 1. The highest BCUT2D eigenvalue weighted by molar-refractivity contribution is 5.45. The maximum absolute atomic E-state index is 12.9. The van der Waals surface area contributed by atoms with Crippen LogP contribution in [0.25, 0.3) is 5.78 Å². The number of rotatable bonds is 3. The molecule has 0 saturated carbocycles. The van der Waals surface area contributed by atoms with Gasteiger partial charge in [-0.3, -0.25) is 0 Å². The second-order valence-electron chi connectivity index (χ2n) is 5.13. The van der Waals surface area contributed by atoms with Crippen LogP contribution < -0.4 is 5.32 Å². The molecular weight excluding hydrogens is 301 g/mol. The molecular formula is C12H15F3N6O. The van der Waals surface area contributed by atoms with Gasteiger partial charge >= 0.3 is 6.18 Å². The minimum absolute atomic E-state index is 0.0974. The number of alkyl halides is 3. The molecule has 3 heterocycles. The Hall–Kier alpha value is -1.94. The number of nitrogens with one attached hydrogen (secondary N) is 1. The molecule has 2 aromatic heterocycles. The number of halogens is 3. The molecule has 0 bridgehead atoms. The van der Waals surface area contributed by atoms with Crippen molar-refractivity contribution in [2.75, 3.05) is 38.6 Å². The molecule has 22 heavy (non-hydrogen) atoms. The highest BCUT2D eigenvalue weighted by Crippen LogP contribution is 2.29. The lowest BCUT2D eigenvalue weighted by atomic mass is 10.3. The van der Waals surface area contributed by atoms with Gasteiger partial charge in [-0.2, -0.15) is 27.8 Å². The highest BCUT2D eigenvalue weighted by Gasteiger charge is 2.34. The number of anilines is 1. The molecule has 10 heteroatoms. The number of ether oxygens (including phenoxy) is 1. The van der Waals surface area contributed by atoms with E-state index in [2.05, 4.69) is 25.3 Å². The van der Waals surface area contributed by atoms with Gasteiger partial charge in [0.15, 0.2) is 5.69 Å². The summed E-state index contributed by atoms with van der Waals surface area (Å²) in [7, 11) is 1.97. The van der Waals surface area contributed by atoms with Crippen LogP contribution in [-0.4, -0.2) is 63.9 Å². The van der Waals surface area contributed by atoms with E-state index >= 15 is 0 Å². The minimum atomic E-state index is -4.54. The van der Waals surface area contributed by atoms with Gasteiger partial charge in [-0.25, -0.2) is 4.98 Å². The van der Waals surface area contributed by atoms with Crippen molar-refractivity contribution in [3.8, 4) is 0 Å². The zero-order valence-electron chi connectivity index (χ0n) is 11.8. The van der Waals surface area contributed by atoms with E-state index in [0.29, 0.717) is 19.7 Å². The second-order valence-corrected chi connectivity index (χ2v) is 5.13.